The second-order valence-corrected chi connectivity index (χ2v) is 4.13. The van der Waals surface area contributed by atoms with Gasteiger partial charge in [-0.05, 0) is 29.8 Å². The zero-order valence-corrected chi connectivity index (χ0v) is 10.5. The van der Waals surface area contributed by atoms with Gasteiger partial charge in [-0.3, -0.25) is 4.98 Å². The van der Waals surface area contributed by atoms with E-state index in [4.69, 9.17) is 9.84 Å². The molecule has 2 aromatic rings. The van der Waals surface area contributed by atoms with Crippen LogP contribution in [-0.4, -0.2) is 22.7 Å². The normalized spacial score (nSPS) is 10.3. The summed E-state index contributed by atoms with van der Waals surface area (Å²) in [6.07, 6.45) is 2.54. The molecule has 0 unspecified atom stereocenters. The van der Waals surface area contributed by atoms with Gasteiger partial charge in [0.15, 0.2) is 0 Å². The van der Waals surface area contributed by atoms with Crippen molar-refractivity contribution in [3.63, 3.8) is 0 Å². The molecule has 2 rings (SSSR count). The molecule has 0 aliphatic rings. The number of hydrogen-bond donors (Lipinski definition) is 1. The Morgan fingerprint density at radius 1 is 1.16 bits per heavy atom. The number of aromatic nitrogens is 1. The minimum atomic E-state index is -0.914. The van der Waals surface area contributed by atoms with Crippen LogP contribution < -0.4 is 0 Å². The minimum Gasteiger partial charge on any atom is -0.478 e. The Hall–Kier alpha value is -2.20. The number of carboxylic acid groups (broad SMARTS) is 1. The van der Waals surface area contributed by atoms with E-state index in [1.165, 1.54) is 0 Å². The zero-order chi connectivity index (χ0) is 13.5. The lowest BCUT2D eigenvalue weighted by Gasteiger charge is -2.04. The summed E-state index contributed by atoms with van der Waals surface area (Å²) in [6, 6.07) is 12.5. The van der Waals surface area contributed by atoms with Gasteiger partial charge in [-0.15, -0.1) is 0 Å². The summed E-state index contributed by atoms with van der Waals surface area (Å²) in [5.74, 6) is -0.914. The fraction of sp³-hybridized carbons (Fsp3) is 0.200. The molecule has 0 radical (unpaired) electrons. The van der Waals surface area contributed by atoms with Gasteiger partial charge in [0, 0.05) is 18.3 Å². The molecule has 0 saturated carbocycles. The number of nitrogens with zero attached hydrogens (tertiary/aromatic N) is 1. The summed E-state index contributed by atoms with van der Waals surface area (Å²) < 4.78 is 5.54. The van der Waals surface area contributed by atoms with Crippen molar-refractivity contribution >= 4 is 5.97 Å². The van der Waals surface area contributed by atoms with Gasteiger partial charge in [0.1, 0.15) is 0 Å². The van der Waals surface area contributed by atoms with Crippen molar-refractivity contribution in [3.8, 4) is 0 Å². The molecule has 19 heavy (non-hydrogen) atoms. The number of ether oxygens (including phenoxy) is 1. The average Bonchev–Trinajstić information content (AvgIpc) is 2.45. The maximum Gasteiger partial charge on any atom is 0.335 e. The Kier molecular flexibility index (Phi) is 4.64. The molecule has 0 amide bonds. The highest BCUT2D eigenvalue weighted by Gasteiger charge is 2.01. The number of hydrogen-bond acceptors (Lipinski definition) is 3. The summed E-state index contributed by atoms with van der Waals surface area (Å²) in [4.78, 5) is 14.9. The third kappa shape index (κ3) is 4.19. The van der Waals surface area contributed by atoms with Crippen LogP contribution in [0.2, 0.25) is 0 Å². The molecule has 0 saturated heterocycles. The van der Waals surface area contributed by atoms with Crippen LogP contribution in [0.3, 0.4) is 0 Å². The Balaban J connectivity index is 1.75. The summed E-state index contributed by atoms with van der Waals surface area (Å²) >= 11 is 0. The van der Waals surface area contributed by atoms with E-state index in [-0.39, 0.29) is 5.56 Å². The second-order valence-electron chi connectivity index (χ2n) is 4.13. The molecule has 98 valence electrons. The number of carbonyl (C=O) groups is 1. The van der Waals surface area contributed by atoms with Crippen molar-refractivity contribution in [1.29, 1.82) is 0 Å². The summed E-state index contributed by atoms with van der Waals surface area (Å²) in [6.45, 7) is 1.07. The van der Waals surface area contributed by atoms with Gasteiger partial charge in [-0.1, -0.05) is 18.2 Å². The van der Waals surface area contributed by atoms with E-state index in [0.29, 0.717) is 13.2 Å². The smallest absolute Gasteiger partial charge is 0.335 e. The molecule has 1 N–H and O–H groups in total. The number of carboxylic acids is 1. The fourth-order valence-corrected chi connectivity index (χ4v) is 1.66. The van der Waals surface area contributed by atoms with E-state index in [1.54, 1.807) is 30.5 Å². The number of aromatic carboxylic acids is 1. The highest BCUT2D eigenvalue weighted by molar-refractivity contribution is 5.87. The van der Waals surface area contributed by atoms with Gasteiger partial charge >= 0.3 is 5.97 Å². The molecule has 0 aliphatic heterocycles. The number of benzene rings is 1. The van der Waals surface area contributed by atoms with Gasteiger partial charge in [-0.2, -0.15) is 0 Å². The first kappa shape index (κ1) is 13.2. The van der Waals surface area contributed by atoms with Crippen molar-refractivity contribution < 1.29 is 14.6 Å². The van der Waals surface area contributed by atoms with Gasteiger partial charge < -0.3 is 9.84 Å². The number of pyridine rings is 1. The van der Waals surface area contributed by atoms with E-state index in [0.717, 1.165) is 17.7 Å². The molecule has 4 nitrogen and oxygen atoms in total. The van der Waals surface area contributed by atoms with Crippen molar-refractivity contribution in [2.45, 2.75) is 13.0 Å². The molecule has 1 aromatic carbocycles. The summed E-state index contributed by atoms with van der Waals surface area (Å²) in [7, 11) is 0. The predicted octanol–water partition coefficient (Wildman–Crippen LogP) is 2.54. The lowest BCUT2D eigenvalue weighted by Crippen LogP contribution is -2.01. The van der Waals surface area contributed by atoms with Gasteiger partial charge in [0.05, 0.1) is 18.8 Å². The third-order valence-corrected chi connectivity index (χ3v) is 2.70. The molecular weight excluding hydrogens is 242 g/mol. The second kappa shape index (κ2) is 6.66. The molecule has 1 heterocycles. The molecule has 0 atom stereocenters. The first-order valence-corrected chi connectivity index (χ1v) is 6.05. The maximum absolute atomic E-state index is 10.7. The van der Waals surface area contributed by atoms with Crippen LogP contribution in [0.4, 0.5) is 0 Å². The van der Waals surface area contributed by atoms with Crippen LogP contribution >= 0.6 is 0 Å². The minimum absolute atomic E-state index is 0.289. The first-order chi connectivity index (χ1) is 9.25. The zero-order valence-electron chi connectivity index (χ0n) is 10.5. The van der Waals surface area contributed by atoms with Crippen molar-refractivity contribution in [3.05, 3.63) is 65.5 Å². The van der Waals surface area contributed by atoms with Crippen LogP contribution in [-0.2, 0) is 17.8 Å². The van der Waals surface area contributed by atoms with Gasteiger partial charge in [0.25, 0.3) is 0 Å². The Morgan fingerprint density at radius 2 is 1.95 bits per heavy atom. The molecular formula is C15H15NO3. The monoisotopic (exact) mass is 257 g/mol. The first-order valence-electron chi connectivity index (χ1n) is 6.05. The van der Waals surface area contributed by atoms with Crippen LogP contribution in [0.1, 0.15) is 21.6 Å². The van der Waals surface area contributed by atoms with E-state index in [1.807, 2.05) is 18.2 Å². The maximum atomic E-state index is 10.7. The Morgan fingerprint density at radius 3 is 2.58 bits per heavy atom. The lowest BCUT2D eigenvalue weighted by atomic mass is 10.1. The van der Waals surface area contributed by atoms with Crippen molar-refractivity contribution in [2.24, 2.45) is 0 Å². The van der Waals surface area contributed by atoms with Crippen LogP contribution in [0.15, 0.2) is 48.7 Å². The molecule has 4 heteroatoms. The molecule has 0 fully saturated rings. The van der Waals surface area contributed by atoms with Crippen molar-refractivity contribution in [2.75, 3.05) is 6.61 Å². The Labute approximate surface area is 111 Å². The van der Waals surface area contributed by atoms with E-state index in [2.05, 4.69) is 4.98 Å². The SMILES string of the molecule is O=C(O)c1ccc(COCCc2ccccn2)cc1. The Bertz CT molecular complexity index is 523. The van der Waals surface area contributed by atoms with Crippen molar-refractivity contribution in [1.82, 2.24) is 4.98 Å². The highest BCUT2D eigenvalue weighted by Crippen LogP contribution is 2.06. The topological polar surface area (TPSA) is 59.4 Å². The highest BCUT2D eigenvalue weighted by atomic mass is 16.5. The van der Waals surface area contributed by atoms with Gasteiger partial charge in [0.2, 0.25) is 0 Å². The number of rotatable bonds is 6. The molecule has 0 spiro atoms. The van der Waals surface area contributed by atoms with Crippen LogP contribution in [0, 0.1) is 0 Å². The van der Waals surface area contributed by atoms with Gasteiger partial charge in [-0.25, -0.2) is 4.79 Å². The fourth-order valence-electron chi connectivity index (χ4n) is 1.66. The van der Waals surface area contributed by atoms with Crippen LogP contribution in [0.5, 0.6) is 0 Å². The quantitative estimate of drug-likeness (QED) is 0.808. The average molecular weight is 257 g/mol. The summed E-state index contributed by atoms with van der Waals surface area (Å²) in [5.41, 5.74) is 2.26. The largest absolute Gasteiger partial charge is 0.478 e. The lowest BCUT2D eigenvalue weighted by molar-refractivity contribution is 0.0696. The molecule has 0 aliphatic carbocycles. The molecule has 0 bridgehead atoms. The van der Waals surface area contributed by atoms with Crippen LogP contribution in [0.25, 0.3) is 0 Å². The third-order valence-electron chi connectivity index (χ3n) is 2.70. The van der Waals surface area contributed by atoms with E-state index in [9.17, 15) is 4.79 Å². The standard InChI is InChI=1S/C15H15NO3/c17-15(18)13-6-4-12(5-7-13)11-19-10-8-14-3-1-2-9-16-14/h1-7,9H,8,10-11H2,(H,17,18). The summed E-state index contributed by atoms with van der Waals surface area (Å²) in [5, 5.41) is 8.78. The van der Waals surface area contributed by atoms with E-state index < -0.39 is 5.97 Å². The molecule has 1 aromatic heterocycles. The van der Waals surface area contributed by atoms with E-state index >= 15 is 0 Å². The predicted molar refractivity (Wildman–Crippen MR) is 71.0 cm³/mol.